The largest absolute Gasteiger partial charge is 0.477 e. The van der Waals surface area contributed by atoms with E-state index in [4.69, 9.17) is 14.2 Å². The number of likely N-dealkylation sites (N-methyl/N-ethyl adjacent to an activating group) is 1. The minimum absolute atomic E-state index is 0.0454. The van der Waals surface area contributed by atoms with E-state index in [2.05, 4.69) is 44.2 Å². The molecule has 8 nitrogen and oxygen atoms in total. The van der Waals surface area contributed by atoms with Crippen molar-refractivity contribution in [2.45, 2.75) is 187 Å². The zero-order valence-electron chi connectivity index (χ0n) is 34.3. The Balaban J connectivity index is 4.24. The number of carbonyl (C=O) groups excluding carboxylic acids is 2. The van der Waals surface area contributed by atoms with Crippen molar-refractivity contribution in [3.63, 3.8) is 0 Å². The van der Waals surface area contributed by atoms with Crippen LogP contribution in [-0.4, -0.2) is 80.6 Å². The lowest BCUT2D eigenvalue weighted by molar-refractivity contribution is -0.887. The van der Waals surface area contributed by atoms with E-state index in [1.165, 1.54) is 103 Å². The number of hydrogen-bond donors (Lipinski definition) is 1. The molecule has 0 aliphatic rings. The molecule has 2 atom stereocenters. The molecule has 0 bridgehead atoms. The molecule has 0 aromatic carbocycles. The second kappa shape index (κ2) is 35.6. The summed E-state index contributed by atoms with van der Waals surface area (Å²) in [6.45, 7) is 4.62. The SMILES string of the molecule is CCCCCC/C=C/C=C/CCCCCCCCCCCCC(=O)OCC(COCCC(C(=O)O)[N+](C)(C)C)OC(=O)CC/C=C/CCCCCC. The fourth-order valence-electron chi connectivity index (χ4n) is 5.98. The predicted octanol–water partition coefficient (Wildman–Crippen LogP) is 11.1. The summed E-state index contributed by atoms with van der Waals surface area (Å²) in [6.07, 6.45) is 39.3. The molecule has 1 N–H and O–H groups in total. The summed E-state index contributed by atoms with van der Waals surface area (Å²) in [5, 5.41) is 9.58. The Labute approximate surface area is 319 Å². The fraction of sp³-hybridized carbons (Fsp3) is 0.795. The molecular weight excluding hydrogens is 654 g/mol. The highest BCUT2D eigenvalue weighted by atomic mass is 16.6. The van der Waals surface area contributed by atoms with E-state index in [-0.39, 0.29) is 42.7 Å². The van der Waals surface area contributed by atoms with Gasteiger partial charge in [0.1, 0.15) is 6.61 Å². The summed E-state index contributed by atoms with van der Waals surface area (Å²) in [6, 6.07) is -0.618. The van der Waals surface area contributed by atoms with Gasteiger partial charge in [-0.15, -0.1) is 0 Å². The minimum atomic E-state index is -0.882. The van der Waals surface area contributed by atoms with E-state index in [9.17, 15) is 19.5 Å². The zero-order valence-corrected chi connectivity index (χ0v) is 34.3. The van der Waals surface area contributed by atoms with Crippen molar-refractivity contribution in [1.82, 2.24) is 0 Å². The summed E-state index contributed by atoms with van der Waals surface area (Å²) < 4.78 is 17.1. The molecule has 302 valence electrons. The topological polar surface area (TPSA) is 99.1 Å². The van der Waals surface area contributed by atoms with E-state index in [1.807, 2.05) is 27.2 Å². The maximum atomic E-state index is 12.6. The Bertz CT molecular complexity index is 953. The van der Waals surface area contributed by atoms with E-state index in [0.29, 0.717) is 19.3 Å². The molecule has 0 fully saturated rings. The van der Waals surface area contributed by atoms with Crippen LogP contribution in [0.1, 0.15) is 174 Å². The van der Waals surface area contributed by atoms with Crippen molar-refractivity contribution in [2.75, 3.05) is 41.0 Å². The van der Waals surface area contributed by atoms with Crippen LogP contribution in [0.25, 0.3) is 0 Å². The molecule has 0 rings (SSSR count). The zero-order chi connectivity index (χ0) is 38.5. The molecule has 0 radical (unpaired) electrons. The summed E-state index contributed by atoms with van der Waals surface area (Å²) in [7, 11) is 5.50. The lowest BCUT2D eigenvalue weighted by Gasteiger charge is -2.31. The van der Waals surface area contributed by atoms with Crippen LogP contribution in [-0.2, 0) is 28.6 Å². The van der Waals surface area contributed by atoms with Crippen molar-refractivity contribution < 1.29 is 38.2 Å². The van der Waals surface area contributed by atoms with Gasteiger partial charge in [-0.3, -0.25) is 9.59 Å². The minimum Gasteiger partial charge on any atom is -0.477 e. The number of esters is 2. The number of carbonyl (C=O) groups is 3. The first kappa shape index (κ1) is 49.6. The number of hydrogen-bond acceptors (Lipinski definition) is 6. The van der Waals surface area contributed by atoms with Gasteiger partial charge in [0, 0.05) is 19.3 Å². The second-order valence-corrected chi connectivity index (χ2v) is 15.3. The van der Waals surface area contributed by atoms with E-state index in [0.717, 1.165) is 32.1 Å². The molecule has 0 spiro atoms. The summed E-state index contributed by atoms with van der Waals surface area (Å²) in [5.74, 6) is -1.54. The second-order valence-electron chi connectivity index (χ2n) is 15.3. The van der Waals surface area contributed by atoms with Gasteiger partial charge in [0.05, 0.1) is 34.4 Å². The number of ether oxygens (including phenoxy) is 3. The smallest absolute Gasteiger partial charge is 0.362 e. The Morgan fingerprint density at radius 1 is 0.577 bits per heavy atom. The number of rotatable bonds is 37. The number of allylic oxidation sites excluding steroid dienone is 6. The number of nitrogens with zero attached hydrogens (tertiary/aromatic N) is 1. The summed E-state index contributed by atoms with van der Waals surface area (Å²) in [5.41, 5.74) is 0. The Morgan fingerprint density at radius 3 is 1.58 bits per heavy atom. The average Bonchev–Trinajstić information content (AvgIpc) is 3.09. The van der Waals surface area contributed by atoms with Crippen LogP contribution in [0.3, 0.4) is 0 Å². The molecule has 0 aliphatic heterocycles. The molecule has 0 aliphatic carbocycles. The van der Waals surface area contributed by atoms with Gasteiger partial charge < -0.3 is 23.8 Å². The third-order valence-electron chi connectivity index (χ3n) is 9.30. The van der Waals surface area contributed by atoms with Gasteiger partial charge in [-0.05, 0) is 51.4 Å². The van der Waals surface area contributed by atoms with Gasteiger partial charge in [0.25, 0.3) is 0 Å². The number of aliphatic carboxylic acids is 1. The maximum absolute atomic E-state index is 12.6. The third kappa shape index (κ3) is 33.4. The number of carboxylic acid groups (broad SMARTS) is 1. The Hall–Kier alpha value is -2.45. The number of carboxylic acids is 1. The van der Waals surface area contributed by atoms with Gasteiger partial charge in [-0.2, -0.15) is 0 Å². The lowest BCUT2D eigenvalue weighted by atomic mass is 10.1. The van der Waals surface area contributed by atoms with Crippen LogP contribution in [0.5, 0.6) is 0 Å². The molecule has 0 amide bonds. The predicted molar refractivity (Wildman–Crippen MR) is 215 cm³/mol. The van der Waals surface area contributed by atoms with Gasteiger partial charge in [-0.1, -0.05) is 140 Å². The molecule has 0 saturated heterocycles. The van der Waals surface area contributed by atoms with Crippen molar-refractivity contribution in [3.8, 4) is 0 Å². The Kier molecular flexibility index (Phi) is 33.9. The van der Waals surface area contributed by atoms with Crippen LogP contribution < -0.4 is 0 Å². The highest BCUT2D eigenvalue weighted by molar-refractivity contribution is 5.72. The Morgan fingerprint density at radius 2 is 1.06 bits per heavy atom. The first-order valence-corrected chi connectivity index (χ1v) is 21.0. The highest BCUT2D eigenvalue weighted by Gasteiger charge is 2.31. The average molecular weight is 735 g/mol. The molecule has 0 heterocycles. The van der Waals surface area contributed by atoms with Crippen molar-refractivity contribution in [3.05, 3.63) is 36.5 Å². The van der Waals surface area contributed by atoms with Crippen LogP contribution in [0.2, 0.25) is 0 Å². The van der Waals surface area contributed by atoms with Crippen LogP contribution in [0, 0.1) is 0 Å². The normalized spacial score (nSPS) is 13.3. The van der Waals surface area contributed by atoms with E-state index < -0.39 is 18.1 Å². The molecule has 8 heteroatoms. The first-order valence-electron chi connectivity index (χ1n) is 21.0. The van der Waals surface area contributed by atoms with Gasteiger partial charge in [0.2, 0.25) is 0 Å². The number of quaternary nitrogens is 1. The van der Waals surface area contributed by atoms with Crippen molar-refractivity contribution >= 4 is 17.9 Å². The van der Waals surface area contributed by atoms with Gasteiger partial charge in [0.15, 0.2) is 12.1 Å². The summed E-state index contributed by atoms with van der Waals surface area (Å²) >= 11 is 0. The molecule has 0 aromatic rings. The third-order valence-corrected chi connectivity index (χ3v) is 9.30. The van der Waals surface area contributed by atoms with Gasteiger partial charge in [-0.25, -0.2) is 4.79 Å². The molecule has 0 aromatic heterocycles. The van der Waals surface area contributed by atoms with Crippen LogP contribution in [0.4, 0.5) is 0 Å². The lowest BCUT2D eigenvalue weighted by Crippen LogP contribution is -2.50. The molecule has 0 saturated carbocycles. The molecular formula is C44H80NO7+. The maximum Gasteiger partial charge on any atom is 0.362 e. The standard InChI is InChI=1S/C44H79NO7/c1-6-8-10-12-14-16-17-18-19-20-21-22-23-24-25-26-27-29-30-32-34-42(46)51-39-40(38-50-37-36-41(44(48)49)45(3,4)5)52-43(47)35-33-31-28-15-13-11-9-7-2/h16-19,28,31,40-41H,6-15,20-27,29-30,32-39H2,1-5H3/p+1/b17-16+,19-18+,31-28+. The first-order chi connectivity index (χ1) is 25.1. The number of unbranched alkanes of at least 4 members (excludes halogenated alkanes) is 18. The van der Waals surface area contributed by atoms with Crippen molar-refractivity contribution in [2.24, 2.45) is 0 Å². The van der Waals surface area contributed by atoms with Crippen molar-refractivity contribution in [1.29, 1.82) is 0 Å². The van der Waals surface area contributed by atoms with Crippen LogP contribution >= 0.6 is 0 Å². The summed E-state index contributed by atoms with van der Waals surface area (Å²) in [4.78, 5) is 36.7. The highest BCUT2D eigenvalue weighted by Crippen LogP contribution is 2.14. The van der Waals surface area contributed by atoms with Crippen LogP contribution in [0.15, 0.2) is 36.5 Å². The van der Waals surface area contributed by atoms with E-state index in [1.54, 1.807) is 0 Å². The monoisotopic (exact) mass is 735 g/mol. The fourth-order valence-corrected chi connectivity index (χ4v) is 5.98. The molecule has 52 heavy (non-hydrogen) atoms. The van der Waals surface area contributed by atoms with Gasteiger partial charge >= 0.3 is 17.9 Å². The molecule has 2 unspecified atom stereocenters. The quantitative estimate of drug-likeness (QED) is 0.0223. The van der Waals surface area contributed by atoms with E-state index >= 15 is 0 Å².